The SMILES string of the molecule is Cc1ccc(C(=O)NC(CCCCN)C(=O)CCl)cc1.Cl. The van der Waals surface area contributed by atoms with Gasteiger partial charge in [-0.05, 0) is 44.9 Å². The Balaban J connectivity index is 0.00000400. The van der Waals surface area contributed by atoms with E-state index in [9.17, 15) is 9.59 Å². The fourth-order valence-electron chi connectivity index (χ4n) is 1.85. The van der Waals surface area contributed by atoms with Crippen molar-refractivity contribution in [2.24, 2.45) is 5.73 Å². The van der Waals surface area contributed by atoms with Crippen LogP contribution in [0.1, 0.15) is 35.2 Å². The van der Waals surface area contributed by atoms with Crippen molar-refractivity contribution in [3.63, 3.8) is 0 Å². The van der Waals surface area contributed by atoms with Crippen LogP contribution in [0.2, 0.25) is 0 Å². The lowest BCUT2D eigenvalue weighted by Gasteiger charge is -2.16. The molecule has 1 unspecified atom stereocenters. The second-order valence-electron chi connectivity index (χ2n) is 4.78. The highest BCUT2D eigenvalue weighted by Gasteiger charge is 2.19. The van der Waals surface area contributed by atoms with E-state index in [1.54, 1.807) is 12.1 Å². The Morgan fingerprint density at radius 3 is 2.38 bits per heavy atom. The summed E-state index contributed by atoms with van der Waals surface area (Å²) in [4.78, 5) is 23.8. The van der Waals surface area contributed by atoms with E-state index in [1.165, 1.54) is 0 Å². The number of aryl methyl sites for hydroxylation is 1. The predicted octanol–water partition coefficient (Wildman–Crippen LogP) is 2.45. The highest BCUT2D eigenvalue weighted by atomic mass is 35.5. The minimum absolute atomic E-state index is 0. The van der Waals surface area contributed by atoms with Gasteiger partial charge in [-0.25, -0.2) is 0 Å². The van der Waals surface area contributed by atoms with Crippen LogP contribution < -0.4 is 11.1 Å². The van der Waals surface area contributed by atoms with Gasteiger partial charge in [0.05, 0.1) is 11.9 Å². The largest absolute Gasteiger partial charge is 0.342 e. The third-order valence-electron chi connectivity index (χ3n) is 3.09. The summed E-state index contributed by atoms with van der Waals surface area (Å²) in [5, 5.41) is 2.75. The Hall–Kier alpha value is -1.10. The molecule has 21 heavy (non-hydrogen) atoms. The van der Waals surface area contributed by atoms with Crippen LogP contribution >= 0.6 is 24.0 Å². The zero-order valence-electron chi connectivity index (χ0n) is 12.1. The lowest BCUT2D eigenvalue weighted by atomic mass is 10.0. The van der Waals surface area contributed by atoms with E-state index in [-0.39, 0.29) is 30.0 Å². The number of amides is 1. The number of carbonyl (C=O) groups is 2. The van der Waals surface area contributed by atoms with Crippen LogP contribution in [0, 0.1) is 6.92 Å². The van der Waals surface area contributed by atoms with Crippen LogP contribution in [0.3, 0.4) is 0 Å². The first-order chi connectivity index (χ1) is 9.58. The molecule has 0 spiro atoms. The van der Waals surface area contributed by atoms with Crippen molar-refractivity contribution in [1.29, 1.82) is 0 Å². The van der Waals surface area contributed by atoms with E-state index in [4.69, 9.17) is 17.3 Å². The van der Waals surface area contributed by atoms with E-state index in [1.807, 2.05) is 19.1 Å². The molecule has 1 rings (SSSR count). The van der Waals surface area contributed by atoms with Crippen LogP contribution in [0.25, 0.3) is 0 Å². The molecule has 0 aliphatic heterocycles. The third kappa shape index (κ3) is 6.93. The number of Topliss-reactive ketones (excluding diaryl/α,β-unsaturated/α-hetero) is 1. The average molecular weight is 333 g/mol. The summed E-state index contributed by atoms with van der Waals surface area (Å²) in [5.41, 5.74) is 7.06. The number of hydrogen-bond donors (Lipinski definition) is 2. The van der Waals surface area contributed by atoms with Crippen molar-refractivity contribution in [1.82, 2.24) is 5.32 Å². The molecular weight excluding hydrogens is 311 g/mol. The second-order valence-corrected chi connectivity index (χ2v) is 5.04. The molecule has 3 N–H and O–H groups in total. The maximum atomic E-state index is 12.1. The number of carbonyl (C=O) groups excluding carboxylic acids is 2. The van der Waals surface area contributed by atoms with Gasteiger partial charge < -0.3 is 11.1 Å². The maximum Gasteiger partial charge on any atom is 0.251 e. The molecule has 0 aromatic heterocycles. The lowest BCUT2D eigenvalue weighted by Crippen LogP contribution is -2.41. The predicted molar refractivity (Wildman–Crippen MR) is 88.3 cm³/mol. The quantitative estimate of drug-likeness (QED) is 0.567. The van der Waals surface area contributed by atoms with Crippen molar-refractivity contribution in [2.45, 2.75) is 32.2 Å². The summed E-state index contributed by atoms with van der Waals surface area (Å²) in [6.45, 7) is 2.53. The van der Waals surface area contributed by atoms with Gasteiger partial charge in [-0.2, -0.15) is 0 Å². The number of nitrogens with two attached hydrogens (primary N) is 1. The van der Waals surface area contributed by atoms with Crippen molar-refractivity contribution < 1.29 is 9.59 Å². The second kappa shape index (κ2) is 10.6. The first-order valence-electron chi connectivity index (χ1n) is 6.74. The number of ketones is 1. The van der Waals surface area contributed by atoms with Crippen LogP contribution in [-0.4, -0.2) is 30.2 Å². The molecule has 1 aromatic carbocycles. The van der Waals surface area contributed by atoms with Crippen molar-refractivity contribution in [3.8, 4) is 0 Å². The normalized spacial score (nSPS) is 11.4. The molecule has 6 heteroatoms. The molecule has 0 aliphatic carbocycles. The van der Waals surface area contributed by atoms with Gasteiger partial charge in [0.15, 0.2) is 5.78 Å². The van der Waals surface area contributed by atoms with Crippen LogP contribution in [-0.2, 0) is 4.79 Å². The number of alkyl halides is 1. The zero-order valence-corrected chi connectivity index (χ0v) is 13.7. The minimum Gasteiger partial charge on any atom is -0.342 e. The Labute approximate surface area is 136 Å². The van der Waals surface area contributed by atoms with Gasteiger partial charge in [-0.1, -0.05) is 17.7 Å². The summed E-state index contributed by atoms with van der Waals surface area (Å²) < 4.78 is 0. The van der Waals surface area contributed by atoms with E-state index in [2.05, 4.69) is 5.32 Å². The third-order valence-corrected chi connectivity index (χ3v) is 3.35. The number of halogens is 2. The summed E-state index contributed by atoms with van der Waals surface area (Å²) in [6, 6.07) is 6.68. The van der Waals surface area contributed by atoms with Crippen LogP contribution in [0.15, 0.2) is 24.3 Å². The summed E-state index contributed by atoms with van der Waals surface area (Å²) >= 11 is 5.58. The van der Waals surface area contributed by atoms with Crippen molar-refractivity contribution in [2.75, 3.05) is 12.4 Å². The van der Waals surface area contributed by atoms with E-state index in [0.29, 0.717) is 18.5 Å². The Morgan fingerprint density at radius 2 is 1.86 bits per heavy atom. The van der Waals surface area contributed by atoms with Crippen molar-refractivity contribution >= 4 is 35.7 Å². The first kappa shape index (κ1) is 19.9. The Bertz CT molecular complexity index is 449. The van der Waals surface area contributed by atoms with Gasteiger partial charge in [0, 0.05) is 5.56 Å². The Kier molecular flexibility index (Phi) is 10.0. The summed E-state index contributed by atoms with van der Waals surface area (Å²) in [6.07, 6.45) is 2.19. The number of unbranched alkanes of at least 4 members (excludes halogenated alkanes) is 1. The van der Waals surface area contributed by atoms with Gasteiger partial charge in [0.25, 0.3) is 5.91 Å². The van der Waals surface area contributed by atoms with Gasteiger partial charge in [0.1, 0.15) is 0 Å². The summed E-state index contributed by atoms with van der Waals surface area (Å²) in [7, 11) is 0. The van der Waals surface area contributed by atoms with E-state index >= 15 is 0 Å². The Morgan fingerprint density at radius 1 is 1.24 bits per heavy atom. The van der Waals surface area contributed by atoms with Gasteiger partial charge in [0.2, 0.25) is 0 Å². The van der Waals surface area contributed by atoms with Crippen molar-refractivity contribution in [3.05, 3.63) is 35.4 Å². The fourth-order valence-corrected chi connectivity index (χ4v) is 2.03. The molecular formula is C15H22Cl2N2O2. The molecule has 0 aliphatic rings. The molecule has 4 nitrogen and oxygen atoms in total. The summed E-state index contributed by atoms with van der Waals surface area (Å²) in [5.74, 6) is -0.507. The van der Waals surface area contributed by atoms with Gasteiger partial charge >= 0.3 is 0 Å². The molecule has 1 amide bonds. The smallest absolute Gasteiger partial charge is 0.251 e. The van der Waals surface area contributed by atoms with Crippen LogP contribution in [0.5, 0.6) is 0 Å². The molecule has 0 saturated carbocycles. The standard InChI is InChI=1S/C15H21ClN2O2.ClH/c1-11-5-7-12(8-6-11)15(20)18-13(14(19)10-16)4-2-3-9-17;/h5-8,13H,2-4,9-10,17H2,1H3,(H,18,20);1H. The first-order valence-corrected chi connectivity index (χ1v) is 7.28. The molecule has 1 atom stereocenters. The average Bonchev–Trinajstić information content (AvgIpc) is 2.46. The number of rotatable bonds is 8. The molecule has 1 aromatic rings. The molecule has 0 saturated heterocycles. The highest BCUT2D eigenvalue weighted by molar-refractivity contribution is 6.28. The maximum absolute atomic E-state index is 12.1. The number of nitrogens with one attached hydrogen (secondary N) is 1. The molecule has 118 valence electrons. The molecule has 0 radical (unpaired) electrons. The van der Waals surface area contributed by atoms with E-state index < -0.39 is 6.04 Å². The molecule has 0 fully saturated rings. The van der Waals surface area contributed by atoms with Crippen LogP contribution in [0.4, 0.5) is 0 Å². The molecule has 0 bridgehead atoms. The van der Waals surface area contributed by atoms with E-state index in [0.717, 1.165) is 18.4 Å². The van der Waals surface area contributed by atoms with Gasteiger partial charge in [-0.3, -0.25) is 9.59 Å². The monoisotopic (exact) mass is 332 g/mol. The highest BCUT2D eigenvalue weighted by Crippen LogP contribution is 2.07. The fraction of sp³-hybridized carbons (Fsp3) is 0.467. The molecule has 0 heterocycles. The minimum atomic E-state index is -0.534. The lowest BCUT2D eigenvalue weighted by molar-refractivity contribution is -0.118. The number of benzene rings is 1. The topological polar surface area (TPSA) is 72.2 Å². The zero-order chi connectivity index (χ0) is 15.0. The number of hydrogen-bond acceptors (Lipinski definition) is 3. The van der Waals surface area contributed by atoms with Gasteiger partial charge in [-0.15, -0.1) is 24.0 Å².